The van der Waals surface area contributed by atoms with Crippen molar-refractivity contribution in [2.24, 2.45) is 0 Å². The zero-order chi connectivity index (χ0) is 38.8. The average Bonchev–Trinajstić information content (AvgIpc) is 3.40. The van der Waals surface area contributed by atoms with Gasteiger partial charge < -0.3 is 14.7 Å². The Morgan fingerprint density at radius 1 is 0.482 bits per heavy atom. The fourth-order valence-electron chi connectivity index (χ4n) is 10.9. The first kappa shape index (κ1) is 35.2. The van der Waals surface area contributed by atoms with Crippen molar-refractivity contribution in [3.05, 3.63) is 150 Å². The summed E-state index contributed by atoms with van der Waals surface area (Å²) >= 11 is 0. The van der Waals surface area contributed by atoms with Crippen molar-refractivity contribution >= 4 is 68.6 Å². The molecule has 2 atom stereocenters. The predicted octanol–water partition coefficient (Wildman–Crippen LogP) is 12.1. The van der Waals surface area contributed by atoms with E-state index in [-0.39, 0.29) is 28.5 Å². The Kier molecular flexibility index (Phi) is 7.64. The van der Waals surface area contributed by atoms with Gasteiger partial charge in [0.25, 0.3) is 6.71 Å². The topological polar surface area (TPSA) is 9.72 Å². The maximum absolute atomic E-state index is 2.76. The maximum atomic E-state index is 2.76. The Labute approximate surface area is 335 Å². The van der Waals surface area contributed by atoms with E-state index in [1.165, 1.54) is 97.8 Å². The van der Waals surface area contributed by atoms with E-state index in [1.807, 2.05) is 0 Å². The fourth-order valence-corrected chi connectivity index (χ4v) is 10.9. The van der Waals surface area contributed by atoms with E-state index < -0.39 is 0 Å². The van der Waals surface area contributed by atoms with Crippen molar-refractivity contribution in [1.82, 2.24) is 0 Å². The summed E-state index contributed by atoms with van der Waals surface area (Å²) in [6, 6.07) is 51.3. The first-order valence-corrected chi connectivity index (χ1v) is 20.9. The van der Waals surface area contributed by atoms with Crippen molar-refractivity contribution in [2.45, 2.75) is 103 Å². The van der Waals surface area contributed by atoms with Crippen molar-refractivity contribution in [2.75, 3.05) is 14.7 Å². The minimum absolute atomic E-state index is 0.0106. The van der Waals surface area contributed by atoms with Gasteiger partial charge in [0, 0.05) is 50.9 Å². The normalized spacial score (nSPS) is 20.9. The molecule has 1 saturated carbocycles. The van der Waals surface area contributed by atoms with Crippen LogP contribution in [0, 0.1) is 0 Å². The van der Waals surface area contributed by atoms with Gasteiger partial charge in [-0.3, -0.25) is 0 Å². The van der Waals surface area contributed by atoms with Crippen LogP contribution >= 0.6 is 0 Å². The van der Waals surface area contributed by atoms with E-state index in [0.717, 1.165) is 6.42 Å². The van der Waals surface area contributed by atoms with Crippen molar-refractivity contribution in [1.29, 1.82) is 0 Å². The Bertz CT molecular complexity index is 2510. The standard InChI is InChI=1S/C52H54BN3/c1-49(2,3)35-24-27-38(28-25-35)55-45-29-26-36(50(4,5)6)32-42(45)53-41-21-13-15-23-44(41)54(37-18-10-9-11-19-37)46-33-39(34-47(55)48(46)53)56-43-22-14-12-20-40(43)51(7)30-16-17-31-52(51,56)8/h9-15,18-29,32-34H,16-17,30-31H2,1-8H3. The summed E-state index contributed by atoms with van der Waals surface area (Å²) in [5.74, 6) is 0. The lowest BCUT2D eigenvalue weighted by Crippen LogP contribution is -2.61. The summed E-state index contributed by atoms with van der Waals surface area (Å²) in [4.78, 5) is 7.91. The van der Waals surface area contributed by atoms with Crippen LogP contribution in [0.15, 0.2) is 133 Å². The third-order valence-corrected chi connectivity index (χ3v) is 14.1. The second-order valence-electron chi connectivity index (χ2n) is 19.4. The molecule has 1 fully saturated rings. The minimum Gasteiger partial charge on any atom is -0.334 e. The van der Waals surface area contributed by atoms with Crippen LogP contribution in [-0.2, 0) is 16.2 Å². The lowest BCUT2D eigenvalue weighted by molar-refractivity contribution is 0.195. The van der Waals surface area contributed by atoms with Gasteiger partial charge in [-0.25, -0.2) is 0 Å². The van der Waals surface area contributed by atoms with Crippen LogP contribution in [0.1, 0.15) is 97.8 Å². The summed E-state index contributed by atoms with van der Waals surface area (Å²) in [5, 5.41) is 0. The molecule has 4 heteroatoms. The molecule has 0 spiro atoms. The molecule has 0 radical (unpaired) electrons. The van der Waals surface area contributed by atoms with Crippen LogP contribution in [0.25, 0.3) is 0 Å². The zero-order valence-electron chi connectivity index (χ0n) is 34.4. The molecule has 0 bridgehead atoms. The molecule has 0 N–H and O–H groups in total. The number of hydrogen-bond acceptors (Lipinski definition) is 3. The Hall–Kier alpha value is -5.22. The number of fused-ring (bicyclic) bond motifs is 7. The van der Waals surface area contributed by atoms with Crippen LogP contribution in [0.5, 0.6) is 0 Å². The van der Waals surface area contributed by atoms with E-state index in [4.69, 9.17) is 0 Å². The number of rotatable bonds is 3. The quantitative estimate of drug-likeness (QED) is 0.168. The van der Waals surface area contributed by atoms with E-state index in [0.29, 0.717) is 0 Å². The molecule has 10 rings (SSSR count). The molecule has 1 aliphatic carbocycles. The highest BCUT2D eigenvalue weighted by atomic mass is 15.3. The molecular weight excluding hydrogens is 677 g/mol. The Morgan fingerprint density at radius 2 is 1.04 bits per heavy atom. The van der Waals surface area contributed by atoms with Crippen molar-refractivity contribution in [3.8, 4) is 0 Å². The molecular formula is C52H54BN3. The molecule has 3 heterocycles. The van der Waals surface area contributed by atoms with Crippen LogP contribution in [-0.4, -0.2) is 12.3 Å². The summed E-state index contributed by atoms with van der Waals surface area (Å²) in [5.41, 5.74) is 18.4. The van der Waals surface area contributed by atoms with Crippen molar-refractivity contribution in [3.63, 3.8) is 0 Å². The molecule has 2 unspecified atom stereocenters. The van der Waals surface area contributed by atoms with Gasteiger partial charge in [0.15, 0.2) is 0 Å². The van der Waals surface area contributed by atoms with E-state index in [9.17, 15) is 0 Å². The maximum Gasteiger partial charge on any atom is 0.252 e. The zero-order valence-corrected chi connectivity index (χ0v) is 34.4. The lowest BCUT2D eigenvalue weighted by atomic mass is 9.33. The molecule has 6 aromatic rings. The molecule has 3 nitrogen and oxygen atoms in total. The van der Waals surface area contributed by atoms with Gasteiger partial charge in [-0.2, -0.15) is 0 Å². The fraction of sp³-hybridized carbons (Fsp3) is 0.308. The van der Waals surface area contributed by atoms with E-state index in [1.54, 1.807) is 0 Å². The second-order valence-corrected chi connectivity index (χ2v) is 19.4. The van der Waals surface area contributed by atoms with Crippen LogP contribution < -0.4 is 31.1 Å². The molecule has 4 aliphatic rings. The predicted molar refractivity (Wildman–Crippen MR) is 241 cm³/mol. The number of hydrogen-bond donors (Lipinski definition) is 0. The number of anilines is 8. The van der Waals surface area contributed by atoms with Gasteiger partial charge in [0.1, 0.15) is 0 Å². The van der Waals surface area contributed by atoms with Crippen LogP contribution in [0.3, 0.4) is 0 Å². The monoisotopic (exact) mass is 731 g/mol. The second kappa shape index (κ2) is 12.1. The average molecular weight is 732 g/mol. The summed E-state index contributed by atoms with van der Waals surface area (Å²) in [6.07, 6.45) is 4.89. The van der Waals surface area contributed by atoms with E-state index in [2.05, 4.69) is 204 Å². The molecule has 6 aromatic carbocycles. The van der Waals surface area contributed by atoms with E-state index >= 15 is 0 Å². The molecule has 0 aromatic heterocycles. The molecule has 3 aliphatic heterocycles. The smallest absolute Gasteiger partial charge is 0.252 e. The van der Waals surface area contributed by atoms with Gasteiger partial charge in [0.2, 0.25) is 0 Å². The lowest BCUT2D eigenvalue weighted by Gasteiger charge is -2.51. The third kappa shape index (κ3) is 4.97. The first-order chi connectivity index (χ1) is 26.8. The summed E-state index contributed by atoms with van der Waals surface area (Å²) in [7, 11) is 0. The number of para-hydroxylation sites is 3. The van der Waals surface area contributed by atoms with Gasteiger partial charge in [-0.15, -0.1) is 0 Å². The van der Waals surface area contributed by atoms with Gasteiger partial charge in [0.05, 0.1) is 5.54 Å². The summed E-state index contributed by atoms with van der Waals surface area (Å²) < 4.78 is 0. The molecule has 56 heavy (non-hydrogen) atoms. The van der Waals surface area contributed by atoms with Crippen LogP contribution in [0.4, 0.5) is 45.5 Å². The molecule has 280 valence electrons. The first-order valence-electron chi connectivity index (χ1n) is 20.9. The van der Waals surface area contributed by atoms with Crippen molar-refractivity contribution < 1.29 is 0 Å². The minimum atomic E-state index is -0.0627. The third-order valence-electron chi connectivity index (χ3n) is 14.1. The van der Waals surface area contributed by atoms with Gasteiger partial charge >= 0.3 is 0 Å². The SMILES string of the molecule is CC(C)(C)c1ccc(N2c3ccc(C(C)(C)C)cc3B3c4ccccc4N(c4ccccc4)c4cc(N5c6ccccc6C6(C)CCCCC56C)cc2c43)cc1. The summed E-state index contributed by atoms with van der Waals surface area (Å²) in [6.45, 7) is 19.1. The van der Waals surface area contributed by atoms with Gasteiger partial charge in [-0.1, -0.05) is 140 Å². The Morgan fingerprint density at radius 3 is 1.71 bits per heavy atom. The van der Waals surface area contributed by atoms with Crippen LogP contribution in [0.2, 0.25) is 0 Å². The highest BCUT2D eigenvalue weighted by Gasteiger charge is 2.58. The Balaban J connectivity index is 1.32. The number of nitrogens with zero attached hydrogens (tertiary/aromatic N) is 3. The molecule has 0 saturated heterocycles. The largest absolute Gasteiger partial charge is 0.334 e. The van der Waals surface area contributed by atoms with Gasteiger partial charge in [-0.05, 0) is 118 Å². The highest BCUT2D eigenvalue weighted by molar-refractivity contribution is 7.00. The molecule has 0 amide bonds. The highest BCUT2D eigenvalue weighted by Crippen LogP contribution is 2.61. The number of benzene rings is 6.